The van der Waals surface area contributed by atoms with Crippen LogP contribution in [0, 0.1) is 0 Å². The van der Waals surface area contributed by atoms with Crippen molar-refractivity contribution in [1.82, 2.24) is 0 Å². The van der Waals surface area contributed by atoms with Gasteiger partial charge in [-0.3, -0.25) is 4.79 Å². The van der Waals surface area contributed by atoms with Gasteiger partial charge >= 0.3 is 5.97 Å². The van der Waals surface area contributed by atoms with Crippen molar-refractivity contribution in [2.24, 2.45) is 0 Å². The number of esters is 1. The minimum atomic E-state index is -3.49. The Kier molecular flexibility index (Phi) is 4.18. The smallest absolute Gasteiger partial charge is 0.306 e. The molecule has 0 radical (unpaired) electrons. The van der Waals surface area contributed by atoms with Crippen molar-refractivity contribution >= 4 is 15.8 Å². The number of cyclic esters (lactones) is 1. The van der Waals surface area contributed by atoms with Crippen LogP contribution in [0.15, 0.2) is 35.2 Å². The van der Waals surface area contributed by atoms with Crippen LogP contribution < -0.4 is 0 Å². The first kappa shape index (κ1) is 15.0. The first-order valence-electron chi connectivity index (χ1n) is 6.97. The fraction of sp³-hybridized carbons (Fsp3) is 0.533. The Labute approximate surface area is 120 Å². The molecule has 1 aromatic rings. The molecule has 2 rings (SSSR count). The molecule has 1 atom stereocenters. The molecule has 0 N–H and O–H groups in total. The third kappa shape index (κ3) is 2.46. The number of hydrogen-bond donors (Lipinski definition) is 0. The molecule has 1 fully saturated rings. The van der Waals surface area contributed by atoms with Gasteiger partial charge in [-0.25, -0.2) is 8.42 Å². The van der Waals surface area contributed by atoms with E-state index >= 15 is 0 Å². The van der Waals surface area contributed by atoms with Crippen LogP contribution in [0.2, 0.25) is 0 Å². The molecular weight excluding hydrogens is 276 g/mol. The quantitative estimate of drug-likeness (QED) is 0.802. The number of benzene rings is 1. The van der Waals surface area contributed by atoms with E-state index < -0.39 is 20.7 Å². The van der Waals surface area contributed by atoms with Crippen molar-refractivity contribution in [3.05, 3.63) is 30.3 Å². The van der Waals surface area contributed by atoms with E-state index in [0.29, 0.717) is 24.2 Å². The Morgan fingerprint density at radius 2 is 1.80 bits per heavy atom. The van der Waals surface area contributed by atoms with E-state index in [-0.39, 0.29) is 12.4 Å². The summed E-state index contributed by atoms with van der Waals surface area (Å²) in [4.78, 5) is 11.9. The molecule has 5 heteroatoms. The lowest BCUT2D eigenvalue weighted by atomic mass is 9.88. The average Bonchev–Trinajstić information content (AvgIpc) is 2.47. The van der Waals surface area contributed by atoms with Crippen molar-refractivity contribution < 1.29 is 17.9 Å². The summed E-state index contributed by atoms with van der Waals surface area (Å²) < 4.78 is 31.1. The summed E-state index contributed by atoms with van der Waals surface area (Å²) in [6.07, 6.45) is 1.51. The molecule has 110 valence electrons. The molecule has 0 aromatic heterocycles. The van der Waals surface area contributed by atoms with Crippen LogP contribution in [0.1, 0.15) is 39.5 Å². The number of rotatable bonds is 4. The standard InChI is InChI=1S/C15H20O4S/c1-3-15(4-2)13(10-11-14(16)19-15)20(17,18)12-8-6-5-7-9-12/h5-9,13H,3-4,10-11H2,1-2H3. The minimum Gasteiger partial charge on any atom is -0.458 e. The van der Waals surface area contributed by atoms with E-state index in [1.807, 2.05) is 13.8 Å². The summed E-state index contributed by atoms with van der Waals surface area (Å²) in [5.74, 6) is -0.298. The van der Waals surface area contributed by atoms with E-state index in [9.17, 15) is 13.2 Å². The molecule has 0 aliphatic carbocycles. The minimum absolute atomic E-state index is 0.165. The molecular formula is C15H20O4S. The highest BCUT2D eigenvalue weighted by Gasteiger charge is 2.50. The van der Waals surface area contributed by atoms with E-state index in [1.54, 1.807) is 30.3 Å². The van der Waals surface area contributed by atoms with Gasteiger partial charge in [-0.2, -0.15) is 0 Å². The lowest BCUT2D eigenvalue weighted by molar-refractivity contribution is -0.167. The molecule has 0 bridgehead atoms. The largest absolute Gasteiger partial charge is 0.458 e. The lowest BCUT2D eigenvalue weighted by Crippen LogP contribution is -2.52. The molecule has 1 heterocycles. The van der Waals surface area contributed by atoms with Crippen molar-refractivity contribution in [2.45, 2.75) is 55.3 Å². The predicted molar refractivity (Wildman–Crippen MR) is 76.1 cm³/mol. The monoisotopic (exact) mass is 296 g/mol. The second-order valence-corrected chi connectivity index (χ2v) is 7.26. The Balaban J connectivity index is 2.46. The highest BCUT2D eigenvalue weighted by Crippen LogP contribution is 2.39. The van der Waals surface area contributed by atoms with Crippen LogP contribution in [-0.2, 0) is 19.4 Å². The predicted octanol–water partition coefficient (Wildman–Crippen LogP) is 2.72. The third-order valence-electron chi connectivity index (χ3n) is 4.16. The molecule has 4 nitrogen and oxygen atoms in total. The lowest BCUT2D eigenvalue weighted by Gasteiger charge is -2.41. The molecule has 0 saturated carbocycles. The highest BCUT2D eigenvalue weighted by atomic mass is 32.2. The van der Waals surface area contributed by atoms with E-state index in [0.717, 1.165) is 0 Å². The SMILES string of the molecule is CCC1(CC)OC(=O)CCC1S(=O)(=O)c1ccccc1. The van der Waals surface area contributed by atoms with Gasteiger partial charge < -0.3 is 4.74 Å². The van der Waals surface area contributed by atoms with Gasteiger partial charge in [0.2, 0.25) is 0 Å². The third-order valence-corrected chi connectivity index (χ3v) is 6.50. The van der Waals surface area contributed by atoms with Gasteiger partial charge in [-0.15, -0.1) is 0 Å². The van der Waals surface area contributed by atoms with Crippen LogP contribution in [-0.4, -0.2) is 25.2 Å². The molecule has 0 amide bonds. The fourth-order valence-electron chi connectivity index (χ4n) is 2.92. The number of carbonyl (C=O) groups excluding carboxylic acids is 1. The van der Waals surface area contributed by atoms with Crippen LogP contribution in [0.3, 0.4) is 0 Å². The molecule has 20 heavy (non-hydrogen) atoms. The number of carbonyl (C=O) groups is 1. The zero-order valence-electron chi connectivity index (χ0n) is 11.8. The highest BCUT2D eigenvalue weighted by molar-refractivity contribution is 7.92. The van der Waals surface area contributed by atoms with Crippen LogP contribution in [0.25, 0.3) is 0 Å². The summed E-state index contributed by atoms with van der Waals surface area (Å²) in [6, 6.07) is 8.40. The Hall–Kier alpha value is -1.36. The maximum Gasteiger partial charge on any atom is 0.306 e. The number of hydrogen-bond acceptors (Lipinski definition) is 4. The zero-order valence-corrected chi connectivity index (χ0v) is 12.7. The first-order valence-corrected chi connectivity index (χ1v) is 8.51. The molecule has 1 aromatic carbocycles. The zero-order chi connectivity index (χ0) is 14.8. The van der Waals surface area contributed by atoms with Crippen molar-refractivity contribution in [2.75, 3.05) is 0 Å². The maximum absolute atomic E-state index is 12.8. The number of sulfone groups is 1. The maximum atomic E-state index is 12.8. The van der Waals surface area contributed by atoms with Crippen molar-refractivity contribution in [1.29, 1.82) is 0 Å². The van der Waals surface area contributed by atoms with E-state index in [4.69, 9.17) is 4.74 Å². The Bertz CT molecular complexity index is 573. The van der Waals surface area contributed by atoms with Gasteiger partial charge in [0.05, 0.1) is 4.90 Å². The summed E-state index contributed by atoms with van der Waals surface area (Å²) in [5, 5.41) is -0.662. The van der Waals surface area contributed by atoms with Gasteiger partial charge in [0, 0.05) is 6.42 Å². The summed E-state index contributed by atoms with van der Waals surface area (Å²) in [7, 11) is -3.49. The van der Waals surface area contributed by atoms with Crippen LogP contribution >= 0.6 is 0 Å². The van der Waals surface area contributed by atoms with Gasteiger partial charge in [-0.1, -0.05) is 32.0 Å². The Morgan fingerprint density at radius 3 is 2.35 bits per heavy atom. The summed E-state index contributed by atoms with van der Waals surface area (Å²) >= 11 is 0. The second-order valence-electron chi connectivity index (χ2n) is 5.13. The number of ether oxygens (including phenoxy) is 1. The molecule has 1 unspecified atom stereocenters. The normalized spacial score (nSPS) is 22.3. The van der Waals surface area contributed by atoms with Crippen molar-refractivity contribution in [3.8, 4) is 0 Å². The molecule has 1 aliphatic rings. The van der Waals surface area contributed by atoms with Gasteiger partial charge in [0.1, 0.15) is 10.9 Å². The van der Waals surface area contributed by atoms with Crippen molar-refractivity contribution in [3.63, 3.8) is 0 Å². The van der Waals surface area contributed by atoms with E-state index in [2.05, 4.69) is 0 Å². The molecule has 1 aliphatic heterocycles. The fourth-order valence-corrected chi connectivity index (χ4v) is 5.16. The topological polar surface area (TPSA) is 60.4 Å². The molecule has 0 spiro atoms. The van der Waals surface area contributed by atoms with Crippen LogP contribution in [0.4, 0.5) is 0 Å². The first-order chi connectivity index (χ1) is 9.46. The Morgan fingerprint density at radius 1 is 1.20 bits per heavy atom. The van der Waals surface area contributed by atoms with Crippen LogP contribution in [0.5, 0.6) is 0 Å². The van der Waals surface area contributed by atoms with Gasteiger partial charge in [-0.05, 0) is 31.4 Å². The second kappa shape index (κ2) is 5.56. The van der Waals surface area contributed by atoms with Gasteiger partial charge in [0.25, 0.3) is 0 Å². The van der Waals surface area contributed by atoms with Gasteiger partial charge in [0.15, 0.2) is 9.84 Å². The summed E-state index contributed by atoms with van der Waals surface area (Å²) in [6.45, 7) is 3.74. The summed E-state index contributed by atoms with van der Waals surface area (Å²) in [5.41, 5.74) is -0.899. The van der Waals surface area contributed by atoms with E-state index in [1.165, 1.54) is 0 Å². The molecule has 1 saturated heterocycles. The average molecular weight is 296 g/mol.